The van der Waals surface area contributed by atoms with Crippen LogP contribution in [0.2, 0.25) is 0 Å². The molecule has 31 heavy (non-hydrogen) atoms. The summed E-state index contributed by atoms with van der Waals surface area (Å²) in [4.78, 5) is 14.3. The fraction of sp³-hybridized carbons (Fsp3) is 0.346. The van der Waals surface area contributed by atoms with E-state index in [1.54, 1.807) is 6.07 Å². The van der Waals surface area contributed by atoms with Gasteiger partial charge in [0.25, 0.3) is 0 Å². The predicted molar refractivity (Wildman–Crippen MR) is 127 cm³/mol. The van der Waals surface area contributed by atoms with Crippen LogP contribution < -0.4 is 11.1 Å². The van der Waals surface area contributed by atoms with Gasteiger partial charge >= 0.3 is 0 Å². The van der Waals surface area contributed by atoms with Crippen LogP contribution in [0.3, 0.4) is 0 Å². The van der Waals surface area contributed by atoms with Crippen molar-refractivity contribution in [2.45, 2.75) is 57.7 Å². The van der Waals surface area contributed by atoms with Crippen molar-refractivity contribution in [2.24, 2.45) is 5.73 Å². The molecule has 1 aromatic heterocycles. The standard InChI is InChI=1S/C26H30N2O2S/c1-16(23-7-4-8-24(17(23)2)26(27)30)18-5-3-6-19(13-18)25-12-11-22(31-25)15-28-20-9-10-21(29)14-20/h3-8,11-13,16,20-21,28-29H,9-10,14-15H2,1-2H3,(H2,27,30)/t16-,20+,21+/m1/s1. The number of aliphatic hydroxyl groups is 1. The maximum atomic E-state index is 11.7. The first kappa shape index (κ1) is 21.8. The van der Waals surface area contributed by atoms with Crippen LogP contribution in [0.4, 0.5) is 0 Å². The number of aliphatic hydroxyl groups excluding tert-OH is 1. The lowest BCUT2D eigenvalue weighted by molar-refractivity contribution is 0.0999. The Morgan fingerprint density at radius 3 is 2.74 bits per heavy atom. The summed E-state index contributed by atoms with van der Waals surface area (Å²) < 4.78 is 0. The highest BCUT2D eigenvalue weighted by Gasteiger charge is 2.22. The summed E-state index contributed by atoms with van der Waals surface area (Å²) >= 11 is 1.81. The van der Waals surface area contributed by atoms with E-state index in [0.29, 0.717) is 11.6 Å². The van der Waals surface area contributed by atoms with Gasteiger partial charge in [0, 0.05) is 33.8 Å². The molecule has 2 aromatic carbocycles. The average molecular weight is 435 g/mol. The molecule has 1 aliphatic carbocycles. The molecule has 5 heteroatoms. The first-order valence-electron chi connectivity index (χ1n) is 10.9. The topological polar surface area (TPSA) is 75.4 Å². The maximum Gasteiger partial charge on any atom is 0.248 e. The Balaban J connectivity index is 1.51. The van der Waals surface area contributed by atoms with Gasteiger partial charge in [0.2, 0.25) is 5.91 Å². The van der Waals surface area contributed by atoms with Crippen molar-refractivity contribution < 1.29 is 9.90 Å². The number of amides is 1. The number of benzene rings is 2. The zero-order valence-corrected chi connectivity index (χ0v) is 18.9. The first-order chi connectivity index (χ1) is 14.9. The largest absolute Gasteiger partial charge is 0.393 e. The Hall–Kier alpha value is -2.47. The number of carbonyl (C=O) groups is 1. The summed E-state index contributed by atoms with van der Waals surface area (Å²) in [7, 11) is 0. The second-order valence-corrected chi connectivity index (χ2v) is 9.71. The third kappa shape index (κ3) is 4.90. The summed E-state index contributed by atoms with van der Waals surface area (Å²) in [5.41, 5.74) is 10.6. The van der Waals surface area contributed by atoms with Crippen molar-refractivity contribution in [1.29, 1.82) is 0 Å². The Morgan fingerprint density at radius 2 is 2.00 bits per heavy atom. The zero-order chi connectivity index (χ0) is 22.0. The highest BCUT2D eigenvalue weighted by molar-refractivity contribution is 7.15. The van der Waals surface area contributed by atoms with Gasteiger partial charge in [-0.15, -0.1) is 11.3 Å². The summed E-state index contributed by atoms with van der Waals surface area (Å²) in [5, 5.41) is 13.3. The van der Waals surface area contributed by atoms with Crippen molar-refractivity contribution >= 4 is 17.2 Å². The van der Waals surface area contributed by atoms with E-state index in [0.717, 1.165) is 36.9 Å². The third-order valence-electron chi connectivity index (χ3n) is 6.41. The summed E-state index contributed by atoms with van der Waals surface area (Å²) in [6, 6.07) is 19.2. The lowest BCUT2D eigenvalue weighted by atomic mass is 9.87. The molecule has 1 aliphatic rings. The molecule has 3 atom stereocenters. The molecular formula is C26H30N2O2S. The molecular weight excluding hydrogens is 404 g/mol. The molecule has 1 heterocycles. The third-order valence-corrected chi connectivity index (χ3v) is 7.54. The summed E-state index contributed by atoms with van der Waals surface area (Å²) in [6.07, 6.45) is 2.66. The van der Waals surface area contributed by atoms with E-state index in [9.17, 15) is 9.90 Å². The molecule has 3 aromatic rings. The van der Waals surface area contributed by atoms with Crippen LogP contribution >= 0.6 is 11.3 Å². The van der Waals surface area contributed by atoms with Crippen LogP contribution in [-0.2, 0) is 6.54 Å². The van der Waals surface area contributed by atoms with E-state index < -0.39 is 0 Å². The van der Waals surface area contributed by atoms with Crippen molar-refractivity contribution in [1.82, 2.24) is 5.32 Å². The average Bonchev–Trinajstić information content (AvgIpc) is 3.41. The minimum atomic E-state index is -0.382. The number of carbonyl (C=O) groups excluding carboxylic acids is 1. The Labute approximate surface area is 188 Å². The number of rotatable bonds is 7. The van der Waals surface area contributed by atoms with Crippen LogP contribution in [0.25, 0.3) is 10.4 Å². The molecule has 0 unspecified atom stereocenters. The van der Waals surface area contributed by atoms with Gasteiger partial charge in [-0.3, -0.25) is 4.79 Å². The summed E-state index contributed by atoms with van der Waals surface area (Å²) in [5.74, 6) is -0.221. The van der Waals surface area contributed by atoms with Crippen molar-refractivity contribution in [3.63, 3.8) is 0 Å². The van der Waals surface area contributed by atoms with E-state index in [1.807, 2.05) is 24.3 Å². The lowest BCUT2D eigenvalue weighted by Gasteiger charge is -2.17. The SMILES string of the molecule is Cc1c(C(N)=O)cccc1[C@H](C)c1cccc(-c2ccc(CN[C@H]3CC[C@H](O)C3)s2)c1. The molecule has 4 nitrogen and oxygen atoms in total. The molecule has 4 rings (SSSR count). The summed E-state index contributed by atoms with van der Waals surface area (Å²) in [6.45, 7) is 4.99. The van der Waals surface area contributed by atoms with Gasteiger partial charge in [-0.05, 0) is 72.7 Å². The minimum absolute atomic E-state index is 0.145. The quantitative estimate of drug-likeness (QED) is 0.491. The lowest BCUT2D eigenvalue weighted by Crippen LogP contribution is -2.25. The molecule has 162 valence electrons. The second-order valence-electron chi connectivity index (χ2n) is 8.54. The first-order valence-corrected chi connectivity index (χ1v) is 11.7. The van der Waals surface area contributed by atoms with Crippen molar-refractivity contribution in [3.8, 4) is 10.4 Å². The van der Waals surface area contributed by atoms with Crippen LogP contribution in [0.5, 0.6) is 0 Å². The van der Waals surface area contributed by atoms with Gasteiger partial charge in [-0.2, -0.15) is 0 Å². The molecule has 0 saturated heterocycles. The number of nitrogens with two attached hydrogens (primary N) is 1. The molecule has 0 spiro atoms. The molecule has 1 saturated carbocycles. The fourth-order valence-electron chi connectivity index (χ4n) is 4.55. The van der Waals surface area contributed by atoms with Gasteiger partial charge in [0.1, 0.15) is 0 Å². The maximum absolute atomic E-state index is 11.7. The molecule has 4 N–H and O–H groups in total. The monoisotopic (exact) mass is 434 g/mol. The molecule has 1 fully saturated rings. The number of thiophene rings is 1. The van der Waals surface area contributed by atoms with Gasteiger partial charge in [-0.1, -0.05) is 37.3 Å². The molecule has 0 bridgehead atoms. The van der Waals surface area contributed by atoms with Crippen LogP contribution in [0.15, 0.2) is 54.6 Å². The number of nitrogens with one attached hydrogen (secondary N) is 1. The smallest absolute Gasteiger partial charge is 0.248 e. The van der Waals surface area contributed by atoms with E-state index in [-0.39, 0.29) is 17.9 Å². The van der Waals surface area contributed by atoms with Crippen molar-refractivity contribution in [2.75, 3.05) is 0 Å². The van der Waals surface area contributed by atoms with Crippen molar-refractivity contribution in [3.05, 3.63) is 81.7 Å². The normalized spacial score (nSPS) is 19.5. The van der Waals surface area contributed by atoms with Gasteiger partial charge in [-0.25, -0.2) is 0 Å². The van der Waals surface area contributed by atoms with Gasteiger partial charge in [0.05, 0.1) is 6.10 Å². The minimum Gasteiger partial charge on any atom is -0.393 e. The highest BCUT2D eigenvalue weighted by Crippen LogP contribution is 2.33. The van der Waals surface area contributed by atoms with E-state index in [2.05, 4.69) is 54.7 Å². The van der Waals surface area contributed by atoms with Gasteiger partial charge in [0.15, 0.2) is 0 Å². The van der Waals surface area contributed by atoms with Crippen LogP contribution in [0, 0.1) is 6.92 Å². The van der Waals surface area contributed by atoms with Gasteiger partial charge < -0.3 is 16.2 Å². The van der Waals surface area contributed by atoms with E-state index >= 15 is 0 Å². The second kappa shape index (κ2) is 9.35. The Kier molecular flexibility index (Phi) is 6.56. The Bertz CT molecular complexity index is 1070. The van der Waals surface area contributed by atoms with Crippen LogP contribution in [0.1, 0.15) is 64.0 Å². The molecule has 1 amide bonds. The Morgan fingerprint density at radius 1 is 1.19 bits per heavy atom. The number of primary amides is 1. The number of hydrogen-bond donors (Lipinski definition) is 3. The predicted octanol–water partition coefficient (Wildman–Crippen LogP) is 4.98. The molecule has 0 aliphatic heterocycles. The van der Waals surface area contributed by atoms with Crippen LogP contribution in [-0.4, -0.2) is 23.2 Å². The fourth-order valence-corrected chi connectivity index (χ4v) is 5.50. The van der Waals surface area contributed by atoms with E-state index in [4.69, 9.17) is 5.73 Å². The number of hydrogen-bond acceptors (Lipinski definition) is 4. The zero-order valence-electron chi connectivity index (χ0n) is 18.1. The van der Waals surface area contributed by atoms with E-state index in [1.165, 1.54) is 20.9 Å². The molecule has 0 radical (unpaired) electrons. The highest BCUT2D eigenvalue weighted by atomic mass is 32.1.